The van der Waals surface area contributed by atoms with Gasteiger partial charge in [-0.2, -0.15) is 0 Å². The molecule has 2 unspecified atom stereocenters. The smallest absolute Gasteiger partial charge is 0.310 e. The summed E-state index contributed by atoms with van der Waals surface area (Å²) >= 11 is 0. The van der Waals surface area contributed by atoms with Gasteiger partial charge < -0.3 is 4.74 Å². The van der Waals surface area contributed by atoms with Gasteiger partial charge in [-0.15, -0.1) is 0 Å². The highest BCUT2D eigenvalue weighted by molar-refractivity contribution is 5.73. The summed E-state index contributed by atoms with van der Waals surface area (Å²) in [4.78, 5) is 14.3. The van der Waals surface area contributed by atoms with E-state index in [2.05, 4.69) is 18.7 Å². The van der Waals surface area contributed by atoms with Crippen LogP contribution in [0.5, 0.6) is 0 Å². The van der Waals surface area contributed by atoms with Gasteiger partial charge in [0, 0.05) is 12.6 Å². The van der Waals surface area contributed by atoms with Gasteiger partial charge in [-0.1, -0.05) is 6.92 Å². The highest BCUT2D eigenvalue weighted by Crippen LogP contribution is 2.22. The maximum atomic E-state index is 11.9. The monoisotopic (exact) mass is 227 g/mol. The SMILES string of the molecule is CCC(C)N1CCC(C(=O)OC(C)(C)C)C1. The molecule has 94 valence electrons. The minimum absolute atomic E-state index is 0.0293. The summed E-state index contributed by atoms with van der Waals surface area (Å²) in [6.45, 7) is 12.1. The molecular weight excluding hydrogens is 202 g/mol. The van der Waals surface area contributed by atoms with Crippen LogP contribution in [-0.2, 0) is 9.53 Å². The lowest BCUT2D eigenvalue weighted by atomic mass is 10.1. The van der Waals surface area contributed by atoms with Crippen molar-refractivity contribution in [3.8, 4) is 0 Å². The predicted octanol–water partition coefficient (Wildman–Crippen LogP) is 2.45. The first-order valence-electron chi connectivity index (χ1n) is 6.30. The Morgan fingerprint density at radius 3 is 2.62 bits per heavy atom. The van der Waals surface area contributed by atoms with Crippen molar-refractivity contribution < 1.29 is 9.53 Å². The molecule has 16 heavy (non-hydrogen) atoms. The van der Waals surface area contributed by atoms with Crippen molar-refractivity contribution in [2.24, 2.45) is 5.92 Å². The van der Waals surface area contributed by atoms with E-state index in [0.29, 0.717) is 6.04 Å². The van der Waals surface area contributed by atoms with E-state index in [1.165, 1.54) is 0 Å². The van der Waals surface area contributed by atoms with E-state index in [4.69, 9.17) is 4.74 Å². The Morgan fingerprint density at radius 1 is 1.50 bits per heavy atom. The Morgan fingerprint density at radius 2 is 2.12 bits per heavy atom. The lowest BCUT2D eigenvalue weighted by molar-refractivity contribution is -0.159. The van der Waals surface area contributed by atoms with Crippen LogP contribution in [0.3, 0.4) is 0 Å². The predicted molar refractivity (Wildman–Crippen MR) is 65.3 cm³/mol. The van der Waals surface area contributed by atoms with Crippen molar-refractivity contribution in [1.82, 2.24) is 4.90 Å². The fraction of sp³-hybridized carbons (Fsp3) is 0.923. The summed E-state index contributed by atoms with van der Waals surface area (Å²) in [5.41, 5.74) is -0.360. The molecule has 0 aromatic rings. The lowest BCUT2D eigenvalue weighted by Crippen LogP contribution is -2.33. The molecule has 1 rings (SSSR count). The Bertz CT molecular complexity index is 245. The van der Waals surface area contributed by atoms with E-state index in [0.717, 1.165) is 25.9 Å². The van der Waals surface area contributed by atoms with Crippen molar-refractivity contribution in [2.45, 2.75) is 59.1 Å². The Labute approximate surface area is 99.1 Å². The number of likely N-dealkylation sites (tertiary alicyclic amines) is 1. The molecular formula is C13H25NO2. The Hall–Kier alpha value is -0.570. The second kappa shape index (κ2) is 5.17. The summed E-state index contributed by atoms with van der Waals surface area (Å²) in [5, 5.41) is 0. The highest BCUT2D eigenvalue weighted by Gasteiger charge is 2.33. The van der Waals surface area contributed by atoms with E-state index in [-0.39, 0.29) is 17.5 Å². The van der Waals surface area contributed by atoms with Crippen LogP contribution in [0.25, 0.3) is 0 Å². The van der Waals surface area contributed by atoms with Gasteiger partial charge in [0.2, 0.25) is 0 Å². The lowest BCUT2D eigenvalue weighted by Gasteiger charge is -2.24. The molecule has 0 N–H and O–H groups in total. The van der Waals surface area contributed by atoms with E-state index in [1.807, 2.05) is 20.8 Å². The number of hydrogen-bond donors (Lipinski definition) is 0. The first kappa shape index (κ1) is 13.5. The van der Waals surface area contributed by atoms with Gasteiger partial charge in [-0.25, -0.2) is 0 Å². The summed E-state index contributed by atoms with van der Waals surface area (Å²) in [7, 11) is 0. The number of rotatable bonds is 3. The molecule has 3 heteroatoms. The van der Waals surface area contributed by atoms with Crippen molar-refractivity contribution in [2.75, 3.05) is 13.1 Å². The number of ether oxygens (including phenoxy) is 1. The van der Waals surface area contributed by atoms with Crippen molar-refractivity contribution in [1.29, 1.82) is 0 Å². The van der Waals surface area contributed by atoms with Crippen molar-refractivity contribution in [3.63, 3.8) is 0 Å². The van der Waals surface area contributed by atoms with Gasteiger partial charge in [0.05, 0.1) is 5.92 Å². The van der Waals surface area contributed by atoms with Gasteiger partial charge in [0.1, 0.15) is 5.60 Å². The van der Waals surface area contributed by atoms with Crippen LogP contribution in [0.4, 0.5) is 0 Å². The van der Waals surface area contributed by atoms with Gasteiger partial charge in [0.25, 0.3) is 0 Å². The third-order valence-electron chi connectivity index (χ3n) is 3.17. The normalized spacial score (nSPS) is 24.4. The van der Waals surface area contributed by atoms with Crippen LogP contribution in [0, 0.1) is 5.92 Å². The van der Waals surface area contributed by atoms with Crippen molar-refractivity contribution >= 4 is 5.97 Å². The number of carbonyl (C=O) groups excluding carboxylic acids is 1. The molecule has 0 saturated carbocycles. The number of nitrogens with zero attached hydrogens (tertiary/aromatic N) is 1. The van der Waals surface area contributed by atoms with E-state index in [9.17, 15) is 4.79 Å². The summed E-state index contributed by atoms with van der Waals surface area (Å²) in [6.07, 6.45) is 2.08. The fourth-order valence-electron chi connectivity index (χ4n) is 2.02. The minimum atomic E-state index is -0.360. The topological polar surface area (TPSA) is 29.5 Å². The molecule has 0 aliphatic carbocycles. The number of hydrogen-bond acceptors (Lipinski definition) is 3. The van der Waals surface area contributed by atoms with Crippen LogP contribution in [0.2, 0.25) is 0 Å². The highest BCUT2D eigenvalue weighted by atomic mass is 16.6. The maximum absolute atomic E-state index is 11.9. The zero-order valence-electron chi connectivity index (χ0n) is 11.2. The molecule has 0 spiro atoms. The molecule has 0 amide bonds. The van der Waals surface area contributed by atoms with Crippen LogP contribution in [-0.4, -0.2) is 35.6 Å². The zero-order valence-corrected chi connectivity index (χ0v) is 11.2. The quantitative estimate of drug-likeness (QED) is 0.694. The van der Waals surface area contributed by atoms with Crippen LogP contribution >= 0.6 is 0 Å². The zero-order chi connectivity index (χ0) is 12.3. The van der Waals surface area contributed by atoms with Crippen molar-refractivity contribution in [3.05, 3.63) is 0 Å². The molecule has 0 radical (unpaired) electrons. The first-order chi connectivity index (χ1) is 7.33. The van der Waals surface area contributed by atoms with E-state index >= 15 is 0 Å². The standard InChI is InChI=1S/C13H25NO2/c1-6-10(2)14-8-7-11(9-14)12(15)16-13(3,4)5/h10-11H,6-9H2,1-5H3. The Balaban J connectivity index is 2.44. The molecule has 1 fully saturated rings. The second-order valence-electron chi connectivity index (χ2n) is 5.77. The van der Waals surface area contributed by atoms with Crippen LogP contribution < -0.4 is 0 Å². The minimum Gasteiger partial charge on any atom is -0.460 e. The molecule has 1 heterocycles. The molecule has 2 atom stereocenters. The fourth-order valence-corrected chi connectivity index (χ4v) is 2.02. The average molecular weight is 227 g/mol. The van der Waals surface area contributed by atoms with Gasteiger partial charge in [0.15, 0.2) is 0 Å². The largest absolute Gasteiger partial charge is 0.460 e. The summed E-state index contributed by atoms with van der Waals surface area (Å²) < 4.78 is 5.42. The maximum Gasteiger partial charge on any atom is 0.310 e. The number of carbonyl (C=O) groups is 1. The van der Waals surface area contributed by atoms with E-state index < -0.39 is 0 Å². The Kier molecular flexibility index (Phi) is 4.36. The van der Waals surface area contributed by atoms with Crippen LogP contribution in [0.1, 0.15) is 47.5 Å². The third kappa shape index (κ3) is 3.78. The third-order valence-corrected chi connectivity index (χ3v) is 3.17. The second-order valence-corrected chi connectivity index (χ2v) is 5.77. The van der Waals surface area contributed by atoms with Gasteiger partial charge in [-0.05, 0) is 47.1 Å². The molecule has 0 aromatic carbocycles. The molecule has 1 saturated heterocycles. The summed E-state index contributed by atoms with van der Waals surface area (Å²) in [5.74, 6) is 0.0477. The van der Waals surface area contributed by atoms with E-state index in [1.54, 1.807) is 0 Å². The summed E-state index contributed by atoms with van der Waals surface area (Å²) in [6, 6.07) is 0.576. The molecule has 1 aliphatic heterocycles. The first-order valence-corrected chi connectivity index (χ1v) is 6.30. The molecule has 1 aliphatic rings. The average Bonchev–Trinajstić information content (AvgIpc) is 2.62. The molecule has 3 nitrogen and oxygen atoms in total. The van der Waals surface area contributed by atoms with Gasteiger partial charge >= 0.3 is 5.97 Å². The van der Waals surface area contributed by atoms with Crippen LogP contribution in [0.15, 0.2) is 0 Å². The molecule has 0 bridgehead atoms. The van der Waals surface area contributed by atoms with Gasteiger partial charge in [-0.3, -0.25) is 9.69 Å². The molecule has 0 aromatic heterocycles. The number of esters is 1.